The number of aromatic hydroxyl groups is 1. The molecule has 2 aromatic rings. The number of imide groups is 1. The summed E-state index contributed by atoms with van der Waals surface area (Å²) in [6.45, 7) is 0.200. The molecule has 134 valence electrons. The second kappa shape index (κ2) is 7.85. The third-order valence-corrected chi connectivity index (χ3v) is 6.01. The maximum Gasteiger partial charge on any atom is 0.293 e. The first-order chi connectivity index (χ1) is 12.4. The standard InChI is InChI=1S/C18H13Br2NO4S/c1-25-14-7-10(6-13(20)16(14)22)8-15-17(23)21(18(24)26-15)9-11-4-2-3-5-12(11)19/h2-8,22H,9H2,1H3/b15-8+. The van der Waals surface area contributed by atoms with Crippen LogP contribution in [0.2, 0.25) is 0 Å². The van der Waals surface area contributed by atoms with Gasteiger partial charge in [-0.05, 0) is 63.1 Å². The summed E-state index contributed by atoms with van der Waals surface area (Å²) in [5, 5.41) is 9.56. The smallest absolute Gasteiger partial charge is 0.293 e. The van der Waals surface area contributed by atoms with Crippen molar-refractivity contribution >= 4 is 60.8 Å². The Bertz CT molecular complexity index is 929. The summed E-state index contributed by atoms with van der Waals surface area (Å²) in [4.78, 5) is 26.5. The molecule has 26 heavy (non-hydrogen) atoms. The van der Waals surface area contributed by atoms with Crippen molar-refractivity contribution in [2.45, 2.75) is 6.54 Å². The molecule has 1 aliphatic heterocycles. The quantitative estimate of drug-likeness (QED) is 0.589. The van der Waals surface area contributed by atoms with Crippen LogP contribution in [0.3, 0.4) is 0 Å². The average Bonchev–Trinajstić information content (AvgIpc) is 2.87. The predicted molar refractivity (Wildman–Crippen MR) is 108 cm³/mol. The molecule has 0 aliphatic carbocycles. The van der Waals surface area contributed by atoms with Crippen LogP contribution in [-0.4, -0.2) is 28.3 Å². The second-order valence-electron chi connectivity index (χ2n) is 5.41. The van der Waals surface area contributed by atoms with E-state index in [1.54, 1.807) is 18.2 Å². The molecule has 1 aliphatic rings. The highest BCUT2D eigenvalue weighted by atomic mass is 79.9. The van der Waals surface area contributed by atoms with Gasteiger partial charge in [-0.3, -0.25) is 14.5 Å². The lowest BCUT2D eigenvalue weighted by Gasteiger charge is -2.13. The van der Waals surface area contributed by atoms with Gasteiger partial charge in [0.25, 0.3) is 11.1 Å². The predicted octanol–water partition coefficient (Wildman–Crippen LogP) is 5.16. The highest BCUT2D eigenvalue weighted by Crippen LogP contribution is 2.38. The van der Waals surface area contributed by atoms with Crippen LogP contribution in [0, 0.1) is 0 Å². The zero-order chi connectivity index (χ0) is 18.8. The minimum atomic E-state index is -0.348. The monoisotopic (exact) mass is 497 g/mol. The number of phenolic OH excluding ortho intramolecular Hbond substituents is 1. The summed E-state index contributed by atoms with van der Waals surface area (Å²) in [6, 6.07) is 10.7. The first-order valence-electron chi connectivity index (χ1n) is 7.46. The lowest BCUT2D eigenvalue weighted by Crippen LogP contribution is -2.27. The number of hydrogen-bond acceptors (Lipinski definition) is 5. The van der Waals surface area contributed by atoms with Crippen molar-refractivity contribution in [2.75, 3.05) is 7.11 Å². The van der Waals surface area contributed by atoms with Gasteiger partial charge >= 0.3 is 0 Å². The minimum absolute atomic E-state index is 0.0216. The summed E-state index contributed by atoms with van der Waals surface area (Å²) >= 11 is 7.56. The van der Waals surface area contributed by atoms with Gasteiger partial charge in [0.05, 0.1) is 23.0 Å². The largest absolute Gasteiger partial charge is 0.503 e. The SMILES string of the molecule is COc1cc(/C=C2/SC(=O)N(Cc3ccccc3Br)C2=O)cc(Br)c1O. The Kier molecular flexibility index (Phi) is 5.74. The third-order valence-electron chi connectivity index (χ3n) is 3.73. The van der Waals surface area contributed by atoms with Crippen molar-refractivity contribution in [3.63, 3.8) is 0 Å². The number of halogens is 2. The van der Waals surface area contributed by atoms with Gasteiger partial charge in [0.1, 0.15) is 0 Å². The first kappa shape index (κ1) is 19.0. The van der Waals surface area contributed by atoms with E-state index < -0.39 is 0 Å². The van der Waals surface area contributed by atoms with Crippen molar-refractivity contribution in [1.29, 1.82) is 0 Å². The van der Waals surface area contributed by atoms with E-state index in [0.717, 1.165) is 21.8 Å². The minimum Gasteiger partial charge on any atom is -0.503 e. The van der Waals surface area contributed by atoms with Crippen LogP contribution >= 0.6 is 43.6 Å². The zero-order valence-electron chi connectivity index (χ0n) is 13.5. The van der Waals surface area contributed by atoms with Crippen LogP contribution in [0.15, 0.2) is 50.2 Å². The van der Waals surface area contributed by atoms with E-state index in [-0.39, 0.29) is 29.2 Å². The molecule has 0 aromatic heterocycles. The van der Waals surface area contributed by atoms with E-state index in [9.17, 15) is 14.7 Å². The summed E-state index contributed by atoms with van der Waals surface area (Å²) in [5.41, 5.74) is 1.49. The molecule has 0 atom stereocenters. The van der Waals surface area contributed by atoms with Crippen LogP contribution in [0.4, 0.5) is 4.79 Å². The van der Waals surface area contributed by atoms with Gasteiger partial charge in [0, 0.05) is 4.47 Å². The molecule has 1 N–H and O–H groups in total. The van der Waals surface area contributed by atoms with Crippen molar-refractivity contribution in [3.8, 4) is 11.5 Å². The molecule has 1 saturated heterocycles. The van der Waals surface area contributed by atoms with Crippen molar-refractivity contribution in [2.24, 2.45) is 0 Å². The van der Waals surface area contributed by atoms with Gasteiger partial charge in [-0.2, -0.15) is 0 Å². The second-order valence-corrected chi connectivity index (χ2v) is 8.11. The van der Waals surface area contributed by atoms with Gasteiger partial charge in [0.2, 0.25) is 0 Å². The Balaban J connectivity index is 1.88. The Morgan fingerprint density at radius 2 is 1.92 bits per heavy atom. The molecule has 2 aromatic carbocycles. The lowest BCUT2D eigenvalue weighted by atomic mass is 10.1. The number of amides is 2. The number of benzene rings is 2. The highest BCUT2D eigenvalue weighted by Gasteiger charge is 2.35. The van der Waals surface area contributed by atoms with E-state index in [1.165, 1.54) is 12.0 Å². The number of nitrogens with zero attached hydrogens (tertiary/aromatic N) is 1. The summed E-state index contributed by atoms with van der Waals surface area (Å²) < 4.78 is 6.39. The number of carbonyl (C=O) groups is 2. The molecule has 0 bridgehead atoms. The summed E-state index contributed by atoms with van der Waals surface area (Å²) in [7, 11) is 1.44. The maximum atomic E-state index is 12.7. The number of phenols is 1. The number of rotatable bonds is 4. The highest BCUT2D eigenvalue weighted by molar-refractivity contribution is 9.10. The van der Waals surface area contributed by atoms with E-state index in [2.05, 4.69) is 31.9 Å². The van der Waals surface area contributed by atoms with Gasteiger partial charge < -0.3 is 9.84 Å². The van der Waals surface area contributed by atoms with E-state index in [0.29, 0.717) is 14.9 Å². The van der Waals surface area contributed by atoms with E-state index in [4.69, 9.17) is 4.74 Å². The summed E-state index contributed by atoms with van der Waals surface area (Å²) in [5.74, 6) is -0.0938. The molecule has 5 nitrogen and oxygen atoms in total. The number of methoxy groups -OCH3 is 1. The molecule has 0 unspecified atom stereocenters. The molecule has 2 amide bonds. The van der Waals surface area contributed by atoms with Crippen molar-refractivity contribution in [3.05, 3.63) is 61.4 Å². The molecule has 0 radical (unpaired) electrons. The van der Waals surface area contributed by atoms with Gasteiger partial charge in [0.15, 0.2) is 11.5 Å². The Morgan fingerprint density at radius 3 is 2.62 bits per heavy atom. The topological polar surface area (TPSA) is 66.8 Å². The fraction of sp³-hybridized carbons (Fsp3) is 0.111. The van der Waals surface area contributed by atoms with Crippen LogP contribution in [0.25, 0.3) is 6.08 Å². The fourth-order valence-electron chi connectivity index (χ4n) is 2.42. The Hall–Kier alpha value is -1.77. The third kappa shape index (κ3) is 3.82. The molecule has 1 heterocycles. The van der Waals surface area contributed by atoms with Crippen LogP contribution in [0.5, 0.6) is 11.5 Å². The fourth-order valence-corrected chi connectivity index (χ4v) is 4.13. The average molecular weight is 499 g/mol. The van der Waals surface area contributed by atoms with Crippen molar-refractivity contribution < 1.29 is 19.4 Å². The van der Waals surface area contributed by atoms with E-state index >= 15 is 0 Å². The molecule has 3 rings (SSSR count). The first-order valence-corrected chi connectivity index (χ1v) is 9.86. The normalized spacial score (nSPS) is 15.8. The molecular weight excluding hydrogens is 486 g/mol. The molecule has 8 heteroatoms. The van der Waals surface area contributed by atoms with Crippen molar-refractivity contribution in [1.82, 2.24) is 4.90 Å². The molecule has 0 spiro atoms. The van der Waals surface area contributed by atoms with Crippen LogP contribution in [-0.2, 0) is 11.3 Å². The summed E-state index contributed by atoms with van der Waals surface area (Å²) in [6.07, 6.45) is 1.61. The number of thioether (sulfide) groups is 1. The van der Waals surface area contributed by atoms with Gasteiger partial charge in [-0.1, -0.05) is 34.1 Å². The van der Waals surface area contributed by atoms with Crippen LogP contribution in [0.1, 0.15) is 11.1 Å². The Morgan fingerprint density at radius 1 is 1.19 bits per heavy atom. The molecular formula is C18H13Br2NO4S. The van der Waals surface area contributed by atoms with Gasteiger partial charge in [-0.15, -0.1) is 0 Å². The molecule has 1 fully saturated rings. The number of carbonyl (C=O) groups excluding carboxylic acids is 2. The maximum absolute atomic E-state index is 12.7. The van der Waals surface area contributed by atoms with Gasteiger partial charge in [-0.25, -0.2) is 0 Å². The Labute approximate surface area is 171 Å². The number of hydrogen-bond donors (Lipinski definition) is 1. The zero-order valence-corrected chi connectivity index (χ0v) is 17.5. The molecule has 0 saturated carbocycles. The van der Waals surface area contributed by atoms with E-state index in [1.807, 2.05) is 24.3 Å². The van der Waals surface area contributed by atoms with Crippen LogP contribution < -0.4 is 4.74 Å². The number of ether oxygens (including phenoxy) is 1. The lowest BCUT2D eigenvalue weighted by molar-refractivity contribution is -0.123.